The maximum atomic E-state index is 12.4. The van der Waals surface area contributed by atoms with Crippen LogP contribution in [0.15, 0.2) is 48.5 Å². The maximum Gasteiger partial charge on any atom is 0.410 e. The van der Waals surface area contributed by atoms with E-state index in [4.69, 9.17) is 9.57 Å². The number of fused-ring (bicyclic) bond motifs is 3. The molecule has 0 atom stereocenters. The third-order valence-electron chi connectivity index (χ3n) is 5.21. The van der Waals surface area contributed by atoms with Gasteiger partial charge in [0.1, 0.15) is 13.2 Å². The van der Waals surface area contributed by atoms with Crippen molar-refractivity contribution in [3.63, 3.8) is 0 Å². The van der Waals surface area contributed by atoms with Crippen LogP contribution in [0, 0.1) is 0 Å². The smallest absolute Gasteiger partial charge is 0.410 e. The van der Waals surface area contributed by atoms with Crippen molar-refractivity contribution < 1.29 is 28.8 Å². The van der Waals surface area contributed by atoms with Gasteiger partial charge in [0.25, 0.3) is 11.8 Å². The van der Waals surface area contributed by atoms with Gasteiger partial charge in [0, 0.05) is 25.8 Å². The fraction of sp³-hybridized carbons (Fsp3) is 0.273. The van der Waals surface area contributed by atoms with Crippen LogP contribution in [0.25, 0.3) is 11.1 Å². The predicted octanol–water partition coefficient (Wildman–Crippen LogP) is 2.47. The Bertz CT molecular complexity index is 972. The largest absolute Gasteiger partial charge is 0.448 e. The molecule has 30 heavy (non-hydrogen) atoms. The molecule has 2 aromatic carbocycles. The first kappa shape index (κ1) is 19.6. The number of hydrogen-bond acceptors (Lipinski definition) is 6. The van der Waals surface area contributed by atoms with Crippen molar-refractivity contribution >= 4 is 23.9 Å². The van der Waals surface area contributed by atoms with Gasteiger partial charge in [-0.2, -0.15) is 0 Å². The molecule has 1 saturated heterocycles. The lowest BCUT2D eigenvalue weighted by molar-refractivity contribution is -0.197. The van der Waals surface area contributed by atoms with E-state index >= 15 is 0 Å². The van der Waals surface area contributed by atoms with Crippen molar-refractivity contribution in [1.82, 2.24) is 9.96 Å². The lowest BCUT2D eigenvalue weighted by Crippen LogP contribution is -2.39. The van der Waals surface area contributed by atoms with E-state index in [0.29, 0.717) is 5.06 Å². The summed E-state index contributed by atoms with van der Waals surface area (Å²) in [4.78, 5) is 53.2. The number of hydroxylamine groups is 2. The Kier molecular flexibility index (Phi) is 5.22. The van der Waals surface area contributed by atoms with E-state index in [0.717, 1.165) is 27.2 Å². The second-order valence-corrected chi connectivity index (χ2v) is 7.21. The molecule has 2 aromatic rings. The summed E-state index contributed by atoms with van der Waals surface area (Å²) < 4.78 is 5.45. The Morgan fingerprint density at radius 3 is 2.07 bits per heavy atom. The number of rotatable bonds is 5. The zero-order valence-corrected chi connectivity index (χ0v) is 16.4. The molecular formula is C22H20N2O6. The Hall–Kier alpha value is -3.68. The van der Waals surface area contributed by atoms with Gasteiger partial charge in [0.2, 0.25) is 0 Å². The lowest BCUT2D eigenvalue weighted by Gasteiger charge is -2.20. The highest BCUT2D eigenvalue weighted by molar-refractivity contribution is 6.01. The first-order chi connectivity index (χ1) is 14.5. The Morgan fingerprint density at radius 2 is 1.50 bits per heavy atom. The number of ether oxygens (including phenoxy) is 1. The van der Waals surface area contributed by atoms with Gasteiger partial charge in [-0.05, 0) is 22.3 Å². The van der Waals surface area contributed by atoms with Crippen LogP contribution >= 0.6 is 0 Å². The number of carbonyl (C=O) groups excluding carboxylic acids is 4. The number of nitrogens with zero attached hydrogens (tertiary/aromatic N) is 2. The highest BCUT2D eigenvalue weighted by Gasteiger charge is 2.34. The summed E-state index contributed by atoms with van der Waals surface area (Å²) in [6.45, 7) is -0.330. The van der Waals surface area contributed by atoms with Gasteiger partial charge < -0.3 is 14.5 Å². The second kappa shape index (κ2) is 7.98. The van der Waals surface area contributed by atoms with Gasteiger partial charge in [0.15, 0.2) is 0 Å². The molecule has 0 unspecified atom stereocenters. The van der Waals surface area contributed by atoms with Crippen LogP contribution in [0.2, 0.25) is 0 Å². The fourth-order valence-corrected chi connectivity index (χ4v) is 3.75. The molecule has 1 heterocycles. The third kappa shape index (κ3) is 3.63. The van der Waals surface area contributed by atoms with Crippen molar-refractivity contribution in [3.05, 3.63) is 59.7 Å². The van der Waals surface area contributed by atoms with Crippen LogP contribution in [-0.2, 0) is 24.0 Å². The van der Waals surface area contributed by atoms with E-state index in [1.165, 1.54) is 7.05 Å². The molecule has 2 aliphatic rings. The fourth-order valence-electron chi connectivity index (χ4n) is 3.75. The van der Waals surface area contributed by atoms with Crippen molar-refractivity contribution in [2.24, 2.45) is 0 Å². The molecule has 0 saturated carbocycles. The van der Waals surface area contributed by atoms with Gasteiger partial charge >= 0.3 is 12.1 Å². The number of hydrogen-bond donors (Lipinski definition) is 0. The van der Waals surface area contributed by atoms with E-state index in [1.807, 2.05) is 48.5 Å². The first-order valence-corrected chi connectivity index (χ1v) is 9.58. The van der Waals surface area contributed by atoms with Gasteiger partial charge in [-0.3, -0.25) is 9.59 Å². The Morgan fingerprint density at radius 1 is 0.967 bits per heavy atom. The van der Waals surface area contributed by atoms with E-state index in [1.54, 1.807) is 0 Å². The molecule has 0 radical (unpaired) electrons. The van der Waals surface area contributed by atoms with E-state index in [-0.39, 0.29) is 25.4 Å². The van der Waals surface area contributed by atoms with Crippen LogP contribution in [0.3, 0.4) is 0 Å². The van der Waals surface area contributed by atoms with Gasteiger partial charge in [-0.15, -0.1) is 5.06 Å². The predicted molar refractivity (Wildman–Crippen MR) is 105 cm³/mol. The van der Waals surface area contributed by atoms with E-state index < -0.39 is 30.4 Å². The van der Waals surface area contributed by atoms with Crippen LogP contribution in [0.4, 0.5) is 4.79 Å². The standard InChI is InChI=1S/C22H20N2O6/c1-23(12-21(27)30-24-19(25)10-11-20(24)26)22(28)29-13-18-16-8-4-2-6-14(16)15-7-3-5-9-17(15)18/h2-9,18H,10-13H2,1H3. The summed E-state index contributed by atoms with van der Waals surface area (Å²) in [7, 11) is 1.38. The number of likely N-dealkylation sites (N-methyl/N-ethyl adjacent to an activating group) is 1. The number of carbonyl (C=O) groups is 4. The molecule has 4 rings (SSSR count). The molecule has 3 amide bonds. The molecule has 8 heteroatoms. The highest BCUT2D eigenvalue weighted by atomic mass is 16.7. The Labute approximate surface area is 172 Å². The molecule has 0 N–H and O–H groups in total. The summed E-state index contributed by atoms with van der Waals surface area (Å²) >= 11 is 0. The van der Waals surface area contributed by atoms with Gasteiger partial charge in [0.05, 0.1) is 0 Å². The molecule has 8 nitrogen and oxygen atoms in total. The highest BCUT2D eigenvalue weighted by Crippen LogP contribution is 2.44. The monoisotopic (exact) mass is 408 g/mol. The van der Waals surface area contributed by atoms with Crippen molar-refractivity contribution in [2.45, 2.75) is 18.8 Å². The molecule has 1 aliphatic heterocycles. The van der Waals surface area contributed by atoms with Gasteiger partial charge in [-0.25, -0.2) is 9.59 Å². The maximum absolute atomic E-state index is 12.4. The van der Waals surface area contributed by atoms with E-state index in [2.05, 4.69) is 0 Å². The van der Waals surface area contributed by atoms with Crippen LogP contribution in [-0.4, -0.2) is 54.0 Å². The van der Waals surface area contributed by atoms with Crippen LogP contribution < -0.4 is 0 Å². The molecule has 0 aromatic heterocycles. The molecule has 0 bridgehead atoms. The third-order valence-corrected chi connectivity index (χ3v) is 5.21. The molecular weight excluding hydrogens is 388 g/mol. The number of benzene rings is 2. The van der Waals surface area contributed by atoms with Crippen LogP contribution in [0.1, 0.15) is 29.9 Å². The summed E-state index contributed by atoms with van der Waals surface area (Å²) in [5, 5.41) is 0.452. The second-order valence-electron chi connectivity index (χ2n) is 7.21. The SMILES string of the molecule is CN(CC(=O)ON1C(=O)CCC1=O)C(=O)OCC1c2ccccc2-c2ccccc21. The summed E-state index contributed by atoms with van der Waals surface area (Å²) in [6, 6.07) is 15.9. The average molecular weight is 408 g/mol. The molecule has 154 valence electrons. The quantitative estimate of drug-likeness (QED) is 0.706. The minimum absolute atomic E-state index is 0.00826. The number of imide groups is 1. The normalized spacial score (nSPS) is 15.0. The zero-order valence-electron chi connectivity index (χ0n) is 16.4. The Balaban J connectivity index is 1.36. The average Bonchev–Trinajstić information content (AvgIpc) is 3.24. The molecule has 1 fully saturated rings. The van der Waals surface area contributed by atoms with Crippen molar-refractivity contribution in [1.29, 1.82) is 0 Å². The minimum Gasteiger partial charge on any atom is -0.448 e. The zero-order chi connectivity index (χ0) is 21.3. The minimum atomic E-state index is -0.894. The van der Waals surface area contributed by atoms with Gasteiger partial charge in [-0.1, -0.05) is 48.5 Å². The van der Waals surface area contributed by atoms with Crippen molar-refractivity contribution in [3.8, 4) is 11.1 Å². The summed E-state index contributed by atoms with van der Waals surface area (Å²) in [5.74, 6) is -2.13. The number of amides is 3. The lowest BCUT2D eigenvalue weighted by atomic mass is 9.98. The summed E-state index contributed by atoms with van der Waals surface area (Å²) in [5.41, 5.74) is 4.40. The van der Waals surface area contributed by atoms with Crippen LogP contribution in [0.5, 0.6) is 0 Å². The van der Waals surface area contributed by atoms with E-state index in [9.17, 15) is 19.2 Å². The van der Waals surface area contributed by atoms with Crippen molar-refractivity contribution in [2.75, 3.05) is 20.2 Å². The molecule has 0 spiro atoms. The summed E-state index contributed by atoms with van der Waals surface area (Å²) in [6.07, 6.45) is -0.685. The first-order valence-electron chi connectivity index (χ1n) is 9.58. The topological polar surface area (TPSA) is 93.2 Å². The molecule has 1 aliphatic carbocycles.